The van der Waals surface area contributed by atoms with E-state index in [1.54, 1.807) is 0 Å². The molecule has 0 unspecified atom stereocenters. The standard InChI is InChI=1S/C9H18ClNO/c1-8(2)5-3-4-6-11-9(12)7-10/h8H,3-7H2,1-2H3,(H,11,12). The summed E-state index contributed by atoms with van der Waals surface area (Å²) in [7, 11) is 0. The molecule has 0 aliphatic rings. The number of carbonyl (C=O) groups excluding carboxylic acids is 1. The molecular weight excluding hydrogens is 174 g/mol. The van der Waals surface area contributed by atoms with Crippen molar-refractivity contribution in [1.29, 1.82) is 0 Å². The van der Waals surface area contributed by atoms with Gasteiger partial charge in [-0.1, -0.05) is 26.7 Å². The van der Waals surface area contributed by atoms with Gasteiger partial charge in [0.1, 0.15) is 5.88 Å². The number of hydrogen-bond donors (Lipinski definition) is 1. The van der Waals surface area contributed by atoms with E-state index in [-0.39, 0.29) is 11.8 Å². The first-order valence-electron chi connectivity index (χ1n) is 4.49. The second kappa shape index (κ2) is 7.41. The van der Waals surface area contributed by atoms with Crippen molar-refractivity contribution in [3.05, 3.63) is 0 Å². The molecule has 0 aliphatic heterocycles. The predicted octanol–water partition coefficient (Wildman–Crippen LogP) is 2.17. The molecule has 2 nitrogen and oxygen atoms in total. The van der Waals surface area contributed by atoms with Gasteiger partial charge in [0.05, 0.1) is 0 Å². The third-order valence-corrected chi connectivity index (χ3v) is 1.89. The minimum absolute atomic E-state index is 0.0683. The summed E-state index contributed by atoms with van der Waals surface area (Å²) in [6, 6.07) is 0. The monoisotopic (exact) mass is 191 g/mol. The maximum absolute atomic E-state index is 10.7. The number of hydrogen-bond acceptors (Lipinski definition) is 1. The summed E-state index contributed by atoms with van der Waals surface area (Å²) in [5.41, 5.74) is 0. The van der Waals surface area contributed by atoms with Crippen molar-refractivity contribution in [2.45, 2.75) is 33.1 Å². The van der Waals surface area contributed by atoms with Crippen molar-refractivity contribution < 1.29 is 4.79 Å². The van der Waals surface area contributed by atoms with Gasteiger partial charge >= 0.3 is 0 Å². The first-order valence-corrected chi connectivity index (χ1v) is 5.03. The second-order valence-electron chi connectivity index (χ2n) is 3.37. The van der Waals surface area contributed by atoms with Crippen LogP contribution in [0.15, 0.2) is 0 Å². The maximum Gasteiger partial charge on any atom is 0.234 e. The van der Waals surface area contributed by atoms with Crippen LogP contribution in [0.4, 0.5) is 0 Å². The normalized spacial score (nSPS) is 10.3. The first-order chi connectivity index (χ1) is 5.66. The number of carbonyl (C=O) groups is 1. The van der Waals surface area contributed by atoms with Crippen LogP contribution < -0.4 is 5.32 Å². The third kappa shape index (κ3) is 7.86. The fourth-order valence-electron chi connectivity index (χ4n) is 0.953. The highest BCUT2D eigenvalue weighted by Gasteiger charge is 1.97. The molecule has 1 N–H and O–H groups in total. The molecule has 0 heterocycles. The van der Waals surface area contributed by atoms with Gasteiger partial charge in [-0.3, -0.25) is 4.79 Å². The molecule has 0 saturated carbocycles. The molecule has 12 heavy (non-hydrogen) atoms. The van der Waals surface area contributed by atoms with E-state index in [1.807, 2.05) is 0 Å². The first kappa shape index (κ1) is 11.8. The smallest absolute Gasteiger partial charge is 0.234 e. The van der Waals surface area contributed by atoms with Crippen LogP contribution in [0.25, 0.3) is 0 Å². The summed E-state index contributed by atoms with van der Waals surface area (Å²) in [6.07, 6.45) is 3.47. The molecular formula is C9H18ClNO. The Morgan fingerprint density at radius 3 is 2.58 bits per heavy atom. The lowest BCUT2D eigenvalue weighted by Gasteiger charge is -2.04. The van der Waals surface area contributed by atoms with E-state index < -0.39 is 0 Å². The van der Waals surface area contributed by atoms with Gasteiger partial charge in [0.2, 0.25) is 5.91 Å². The minimum atomic E-state index is -0.0683. The molecule has 0 spiro atoms. The zero-order valence-electron chi connectivity index (χ0n) is 7.90. The molecule has 0 saturated heterocycles. The Morgan fingerprint density at radius 2 is 2.08 bits per heavy atom. The van der Waals surface area contributed by atoms with Crippen molar-refractivity contribution in [2.75, 3.05) is 12.4 Å². The summed E-state index contributed by atoms with van der Waals surface area (Å²) in [6.45, 7) is 5.17. The summed E-state index contributed by atoms with van der Waals surface area (Å²) < 4.78 is 0. The van der Waals surface area contributed by atoms with Crippen LogP contribution in [-0.4, -0.2) is 18.3 Å². The summed E-state index contributed by atoms with van der Waals surface area (Å²) in [5.74, 6) is 0.763. The average Bonchev–Trinajstić information content (AvgIpc) is 2.03. The second-order valence-corrected chi connectivity index (χ2v) is 3.64. The molecule has 0 radical (unpaired) electrons. The van der Waals surface area contributed by atoms with Crippen molar-refractivity contribution in [3.63, 3.8) is 0 Å². The molecule has 0 aromatic carbocycles. The number of nitrogens with one attached hydrogen (secondary N) is 1. The zero-order chi connectivity index (χ0) is 9.40. The van der Waals surface area contributed by atoms with Crippen LogP contribution in [0.2, 0.25) is 0 Å². The van der Waals surface area contributed by atoms with E-state index in [1.165, 1.54) is 12.8 Å². The molecule has 0 aliphatic carbocycles. The van der Waals surface area contributed by atoms with E-state index in [4.69, 9.17) is 11.6 Å². The van der Waals surface area contributed by atoms with Crippen molar-refractivity contribution in [3.8, 4) is 0 Å². The van der Waals surface area contributed by atoms with Crippen LogP contribution in [-0.2, 0) is 4.79 Å². The Bertz CT molecular complexity index is 126. The number of alkyl halides is 1. The topological polar surface area (TPSA) is 29.1 Å². The highest BCUT2D eigenvalue weighted by molar-refractivity contribution is 6.27. The lowest BCUT2D eigenvalue weighted by Crippen LogP contribution is -2.25. The van der Waals surface area contributed by atoms with Gasteiger partial charge in [-0.05, 0) is 12.3 Å². The predicted molar refractivity (Wildman–Crippen MR) is 52.4 cm³/mol. The number of amides is 1. The lowest BCUT2D eigenvalue weighted by molar-refractivity contribution is -0.118. The zero-order valence-corrected chi connectivity index (χ0v) is 8.66. The number of halogens is 1. The molecule has 3 heteroatoms. The SMILES string of the molecule is CC(C)CCCCNC(=O)CCl. The van der Waals surface area contributed by atoms with Crippen molar-refractivity contribution >= 4 is 17.5 Å². The average molecular weight is 192 g/mol. The summed E-state index contributed by atoms with van der Waals surface area (Å²) in [5, 5.41) is 2.74. The van der Waals surface area contributed by atoms with Crippen LogP contribution in [0, 0.1) is 5.92 Å². The Kier molecular flexibility index (Phi) is 7.26. The van der Waals surface area contributed by atoms with Crippen molar-refractivity contribution in [1.82, 2.24) is 5.32 Å². The maximum atomic E-state index is 10.7. The van der Waals surface area contributed by atoms with Crippen LogP contribution >= 0.6 is 11.6 Å². The van der Waals surface area contributed by atoms with Gasteiger partial charge in [-0.25, -0.2) is 0 Å². The third-order valence-electron chi connectivity index (χ3n) is 1.65. The van der Waals surface area contributed by atoms with Crippen LogP contribution in [0.3, 0.4) is 0 Å². The lowest BCUT2D eigenvalue weighted by atomic mass is 10.1. The molecule has 1 amide bonds. The van der Waals surface area contributed by atoms with Crippen molar-refractivity contribution in [2.24, 2.45) is 5.92 Å². The summed E-state index contributed by atoms with van der Waals surface area (Å²) in [4.78, 5) is 10.7. The quantitative estimate of drug-likeness (QED) is 0.506. The fraction of sp³-hybridized carbons (Fsp3) is 0.889. The van der Waals surface area contributed by atoms with Gasteiger partial charge in [-0.15, -0.1) is 11.6 Å². The van der Waals surface area contributed by atoms with Gasteiger partial charge in [-0.2, -0.15) is 0 Å². The minimum Gasteiger partial charge on any atom is -0.355 e. The molecule has 0 aromatic rings. The highest BCUT2D eigenvalue weighted by atomic mass is 35.5. The molecule has 0 fully saturated rings. The van der Waals surface area contributed by atoms with Gasteiger partial charge in [0.15, 0.2) is 0 Å². The number of rotatable bonds is 6. The van der Waals surface area contributed by atoms with Gasteiger partial charge < -0.3 is 5.32 Å². The van der Waals surface area contributed by atoms with E-state index >= 15 is 0 Å². The fourth-order valence-corrected chi connectivity index (χ4v) is 1.05. The molecule has 0 bridgehead atoms. The van der Waals surface area contributed by atoms with E-state index in [2.05, 4.69) is 19.2 Å². The van der Waals surface area contributed by atoms with Crippen LogP contribution in [0.1, 0.15) is 33.1 Å². The number of unbranched alkanes of at least 4 members (excludes halogenated alkanes) is 1. The molecule has 0 atom stereocenters. The Labute approximate surface area is 79.7 Å². The van der Waals surface area contributed by atoms with Crippen LogP contribution in [0.5, 0.6) is 0 Å². The Morgan fingerprint density at radius 1 is 1.42 bits per heavy atom. The Hall–Kier alpha value is -0.240. The molecule has 0 rings (SSSR count). The largest absolute Gasteiger partial charge is 0.355 e. The van der Waals surface area contributed by atoms with E-state index in [0.29, 0.717) is 0 Å². The Balaban J connectivity index is 3.05. The summed E-state index contributed by atoms with van der Waals surface area (Å²) >= 11 is 5.30. The molecule has 0 aromatic heterocycles. The highest BCUT2D eigenvalue weighted by Crippen LogP contribution is 2.04. The molecule has 72 valence electrons. The van der Waals surface area contributed by atoms with Gasteiger partial charge in [0.25, 0.3) is 0 Å². The van der Waals surface area contributed by atoms with Gasteiger partial charge in [0, 0.05) is 6.54 Å². The van der Waals surface area contributed by atoms with E-state index in [9.17, 15) is 4.79 Å². The van der Waals surface area contributed by atoms with E-state index in [0.717, 1.165) is 18.9 Å².